The average molecular weight is 245 g/mol. The van der Waals surface area contributed by atoms with E-state index in [0.29, 0.717) is 6.54 Å². The molecule has 0 bridgehead atoms. The third-order valence-electron chi connectivity index (χ3n) is 4.68. The van der Waals surface area contributed by atoms with Gasteiger partial charge >= 0.3 is 0 Å². The normalized spacial score (nSPS) is 27.9. The lowest BCUT2D eigenvalue weighted by atomic mass is 9.75. The summed E-state index contributed by atoms with van der Waals surface area (Å²) in [6, 6.07) is 4.09. The van der Waals surface area contributed by atoms with Crippen molar-refractivity contribution in [2.75, 3.05) is 18.0 Å². The first-order valence-corrected chi connectivity index (χ1v) is 7.27. The van der Waals surface area contributed by atoms with Crippen LogP contribution in [0.3, 0.4) is 0 Å². The highest BCUT2D eigenvalue weighted by atomic mass is 15.2. The van der Waals surface area contributed by atoms with Crippen LogP contribution in [0.4, 0.5) is 5.82 Å². The minimum Gasteiger partial charge on any atom is -0.356 e. The van der Waals surface area contributed by atoms with E-state index >= 15 is 0 Å². The van der Waals surface area contributed by atoms with Gasteiger partial charge < -0.3 is 10.6 Å². The number of nitrogens with two attached hydrogens (primary N) is 1. The molecule has 0 radical (unpaired) electrons. The molecule has 3 heteroatoms. The molecule has 2 fully saturated rings. The summed E-state index contributed by atoms with van der Waals surface area (Å²) >= 11 is 0. The number of rotatable bonds is 2. The van der Waals surface area contributed by atoms with Crippen LogP contribution >= 0.6 is 0 Å². The second-order valence-corrected chi connectivity index (χ2v) is 5.73. The van der Waals surface area contributed by atoms with Gasteiger partial charge in [-0.25, -0.2) is 4.98 Å². The minimum absolute atomic E-state index is 0.591. The number of piperidine rings is 1. The van der Waals surface area contributed by atoms with Crippen LogP contribution in [0.15, 0.2) is 18.3 Å². The molecule has 1 aliphatic heterocycles. The Morgan fingerprint density at radius 3 is 2.89 bits per heavy atom. The molecule has 1 aliphatic carbocycles. The smallest absolute Gasteiger partial charge is 0.133 e. The Bertz CT molecular complexity index is 404. The summed E-state index contributed by atoms with van der Waals surface area (Å²) in [5.41, 5.74) is 7.01. The van der Waals surface area contributed by atoms with E-state index in [1.807, 2.05) is 12.3 Å². The Balaban J connectivity index is 1.77. The van der Waals surface area contributed by atoms with Gasteiger partial charge in [0.25, 0.3) is 0 Å². The zero-order valence-corrected chi connectivity index (χ0v) is 11.0. The molecule has 2 atom stereocenters. The topological polar surface area (TPSA) is 42.1 Å². The van der Waals surface area contributed by atoms with E-state index in [-0.39, 0.29) is 0 Å². The molecule has 2 heterocycles. The van der Waals surface area contributed by atoms with Crippen LogP contribution in [-0.2, 0) is 6.54 Å². The Morgan fingerprint density at radius 2 is 2.06 bits per heavy atom. The number of pyridine rings is 1. The lowest BCUT2D eigenvalue weighted by Gasteiger charge is -2.42. The van der Waals surface area contributed by atoms with E-state index < -0.39 is 0 Å². The van der Waals surface area contributed by atoms with Crippen molar-refractivity contribution in [3.8, 4) is 0 Å². The summed E-state index contributed by atoms with van der Waals surface area (Å²) in [6.45, 7) is 2.94. The molecule has 3 nitrogen and oxygen atoms in total. The number of hydrogen-bond acceptors (Lipinski definition) is 3. The molecule has 1 saturated heterocycles. The summed E-state index contributed by atoms with van der Waals surface area (Å²) in [5, 5.41) is 0. The fourth-order valence-electron chi connectivity index (χ4n) is 3.67. The van der Waals surface area contributed by atoms with Gasteiger partial charge in [-0.2, -0.15) is 0 Å². The molecular formula is C15H23N3. The van der Waals surface area contributed by atoms with Crippen molar-refractivity contribution < 1.29 is 0 Å². The fourth-order valence-corrected chi connectivity index (χ4v) is 3.67. The summed E-state index contributed by atoms with van der Waals surface area (Å²) in [5.74, 6) is 2.99. The first-order chi connectivity index (χ1) is 8.88. The summed E-state index contributed by atoms with van der Waals surface area (Å²) in [7, 11) is 0. The van der Waals surface area contributed by atoms with Gasteiger partial charge in [0.05, 0.1) is 0 Å². The van der Waals surface area contributed by atoms with Crippen LogP contribution in [0.1, 0.15) is 37.7 Å². The van der Waals surface area contributed by atoms with Gasteiger partial charge in [0.1, 0.15) is 5.82 Å². The largest absolute Gasteiger partial charge is 0.356 e. The maximum atomic E-state index is 5.82. The van der Waals surface area contributed by atoms with E-state index in [1.54, 1.807) is 0 Å². The van der Waals surface area contributed by atoms with Gasteiger partial charge in [0.2, 0.25) is 0 Å². The molecule has 0 spiro atoms. The predicted octanol–water partition coefficient (Wildman–Crippen LogP) is 2.56. The van der Waals surface area contributed by atoms with Crippen molar-refractivity contribution in [1.29, 1.82) is 0 Å². The highest BCUT2D eigenvalue weighted by Gasteiger charge is 2.31. The number of anilines is 1. The second-order valence-electron chi connectivity index (χ2n) is 5.73. The van der Waals surface area contributed by atoms with Crippen LogP contribution in [0.5, 0.6) is 0 Å². The predicted molar refractivity (Wildman–Crippen MR) is 74.4 cm³/mol. The van der Waals surface area contributed by atoms with Crippen LogP contribution < -0.4 is 10.6 Å². The lowest BCUT2D eigenvalue weighted by molar-refractivity contribution is 0.202. The number of aromatic nitrogens is 1. The third kappa shape index (κ3) is 2.24. The van der Waals surface area contributed by atoms with Gasteiger partial charge in [0, 0.05) is 31.4 Å². The molecule has 2 unspecified atom stereocenters. The fraction of sp³-hybridized carbons (Fsp3) is 0.667. The molecule has 0 aromatic carbocycles. The van der Waals surface area contributed by atoms with Crippen molar-refractivity contribution in [2.45, 2.75) is 38.6 Å². The van der Waals surface area contributed by atoms with E-state index in [2.05, 4.69) is 16.0 Å². The molecule has 2 N–H and O–H groups in total. The van der Waals surface area contributed by atoms with Crippen molar-refractivity contribution in [2.24, 2.45) is 17.6 Å². The number of fused-ring (bicyclic) bond motifs is 1. The molecule has 0 amide bonds. The SMILES string of the molecule is NCc1cccnc1N1CCC2CCCCC2C1. The van der Waals surface area contributed by atoms with Gasteiger partial charge in [-0.3, -0.25) is 0 Å². The molecule has 18 heavy (non-hydrogen) atoms. The third-order valence-corrected chi connectivity index (χ3v) is 4.68. The molecule has 1 aromatic rings. The molecule has 98 valence electrons. The van der Waals surface area contributed by atoms with Crippen LogP contribution in [-0.4, -0.2) is 18.1 Å². The van der Waals surface area contributed by atoms with E-state index in [0.717, 1.165) is 24.2 Å². The van der Waals surface area contributed by atoms with Crippen molar-refractivity contribution in [3.63, 3.8) is 0 Å². The van der Waals surface area contributed by atoms with Gasteiger partial charge in [-0.15, -0.1) is 0 Å². The molecule has 1 saturated carbocycles. The van der Waals surface area contributed by atoms with Crippen LogP contribution in [0.2, 0.25) is 0 Å². The monoisotopic (exact) mass is 245 g/mol. The highest BCUT2D eigenvalue weighted by Crippen LogP contribution is 2.37. The summed E-state index contributed by atoms with van der Waals surface area (Å²) < 4.78 is 0. The van der Waals surface area contributed by atoms with Crippen LogP contribution in [0, 0.1) is 11.8 Å². The lowest BCUT2D eigenvalue weighted by Crippen LogP contribution is -2.42. The maximum Gasteiger partial charge on any atom is 0.133 e. The minimum atomic E-state index is 0.591. The quantitative estimate of drug-likeness (QED) is 0.870. The first kappa shape index (κ1) is 12.0. The maximum absolute atomic E-state index is 5.82. The molecule has 3 rings (SSSR count). The van der Waals surface area contributed by atoms with E-state index in [4.69, 9.17) is 5.73 Å². The highest BCUT2D eigenvalue weighted by molar-refractivity contribution is 5.47. The van der Waals surface area contributed by atoms with E-state index in [9.17, 15) is 0 Å². The number of hydrogen-bond donors (Lipinski definition) is 1. The Morgan fingerprint density at radius 1 is 1.22 bits per heavy atom. The zero-order valence-electron chi connectivity index (χ0n) is 11.0. The van der Waals surface area contributed by atoms with Crippen LogP contribution in [0.25, 0.3) is 0 Å². The molecular weight excluding hydrogens is 222 g/mol. The first-order valence-electron chi connectivity index (χ1n) is 7.27. The van der Waals surface area contributed by atoms with Gasteiger partial charge in [-0.1, -0.05) is 25.3 Å². The Kier molecular flexibility index (Phi) is 3.50. The standard InChI is InChI=1S/C15H23N3/c16-10-13-6-3-8-17-15(13)18-9-7-12-4-1-2-5-14(12)11-18/h3,6,8,12,14H,1-2,4-5,7,9-11,16H2. The Hall–Kier alpha value is -1.09. The van der Waals surface area contributed by atoms with Gasteiger partial charge in [0.15, 0.2) is 0 Å². The van der Waals surface area contributed by atoms with Crippen molar-refractivity contribution in [1.82, 2.24) is 4.98 Å². The number of nitrogens with zero attached hydrogens (tertiary/aromatic N) is 2. The Labute approximate surface area is 109 Å². The second kappa shape index (κ2) is 5.27. The van der Waals surface area contributed by atoms with Crippen molar-refractivity contribution >= 4 is 5.82 Å². The molecule has 2 aliphatic rings. The molecule has 1 aromatic heterocycles. The zero-order chi connectivity index (χ0) is 12.4. The average Bonchev–Trinajstić information content (AvgIpc) is 2.46. The summed E-state index contributed by atoms with van der Waals surface area (Å²) in [6.07, 6.45) is 8.95. The van der Waals surface area contributed by atoms with Gasteiger partial charge in [-0.05, 0) is 30.7 Å². The summed E-state index contributed by atoms with van der Waals surface area (Å²) in [4.78, 5) is 7.02. The van der Waals surface area contributed by atoms with Crippen molar-refractivity contribution in [3.05, 3.63) is 23.9 Å². The van der Waals surface area contributed by atoms with E-state index in [1.165, 1.54) is 44.2 Å².